The monoisotopic (exact) mass is 285 g/mol. The fraction of sp³-hybridized carbons (Fsp3) is 0.250. The molecule has 0 bridgehead atoms. The third-order valence-electron chi connectivity index (χ3n) is 2.96. The normalized spacial score (nSPS) is 9.95. The van der Waals surface area contributed by atoms with Crippen LogP contribution in [-0.4, -0.2) is 24.5 Å². The lowest BCUT2D eigenvalue weighted by Gasteiger charge is -2.08. The number of methoxy groups -OCH3 is 1. The number of rotatable bonds is 7. The number of amides is 1. The van der Waals surface area contributed by atoms with Crippen LogP contribution in [0.4, 0.5) is 5.69 Å². The minimum absolute atomic E-state index is 0.00154. The number of hydrogen-bond donors (Lipinski definition) is 2. The smallest absolute Gasteiger partial charge is 0.222 e. The van der Waals surface area contributed by atoms with E-state index in [1.54, 1.807) is 13.3 Å². The molecule has 1 aromatic carbocycles. The van der Waals surface area contributed by atoms with Gasteiger partial charge in [-0.3, -0.25) is 9.78 Å². The van der Waals surface area contributed by atoms with Crippen molar-refractivity contribution in [2.24, 2.45) is 0 Å². The number of pyridine rings is 1. The van der Waals surface area contributed by atoms with Crippen molar-refractivity contribution >= 4 is 11.6 Å². The van der Waals surface area contributed by atoms with Crippen molar-refractivity contribution in [1.82, 2.24) is 10.3 Å². The number of nitrogens with one attached hydrogen (secondary N) is 2. The van der Waals surface area contributed by atoms with Gasteiger partial charge in [-0.2, -0.15) is 0 Å². The molecular weight excluding hydrogens is 266 g/mol. The maximum absolute atomic E-state index is 11.7. The summed E-state index contributed by atoms with van der Waals surface area (Å²) in [4.78, 5) is 15.9. The Labute approximate surface area is 124 Å². The SMILES string of the molecule is COc1ccc(NCCC(=O)NCc2ccccn2)cc1. The van der Waals surface area contributed by atoms with Crippen molar-refractivity contribution in [2.45, 2.75) is 13.0 Å². The summed E-state index contributed by atoms with van der Waals surface area (Å²) in [5.41, 5.74) is 1.82. The first kappa shape index (κ1) is 14.8. The first-order chi connectivity index (χ1) is 10.3. The third-order valence-corrected chi connectivity index (χ3v) is 2.96. The van der Waals surface area contributed by atoms with Crippen molar-refractivity contribution in [3.63, 3.8) is 0 Å². The van der Waals surface area contributed by atoms with E-state index in [-0.39, 0.29) is 5.91 Å². The molecule has 2 N–H and O–H groups in total. The Balaban J connectivity index is 1.66. The minimum atomic E-state index is 0.00154. The summed E-state index contributed by atoms with van der Waals surface area (Å²) >= 11 is 0. The van der Waals surface area contributed by atoms with E-state index in [1.165, 1.54) is 0 Å². The molecule has 21 heavy (non-hydrogen) atoms. The summed E-state index contributed by atoms with van der Waals surface area (Å²) < 4.78 is 5.09. The minimum Gasteiger partial charge on any atom is -0.497 e. The van der Waals surface area contributed by atoms with E-state index in [9.17, 15) is 4.79 Å². The number of benzene rings is 1. The molecule has 0 saturated heterocycles. The summed E-state index contributed by atoms with van der Waals surface area (Å²) in [5, 5.41) is 6.04. The molecule has 0 aliphatic rings. The third kappa shape index (κ3) is 5.14. The molecule has 2 aromatic rings. The highest BCUT2D eigenvalue weighted by Crippen LogP contribution is 2.14. The van der Waals surface area contributed by atoms with Gasteiger partial charge in [0.05, 0.1) is 19.3 Å². The molecule has 5 heteroatoms. The number of nitrogens with zero attached hydrogens (tertiary/aromatic N) is 1. The van der Waals surface area contributed by atoms with Crippen molar-refractivity contribution < 1.29 is 9.53 Å². The van der Waals surface area contributed by atoms with Crippen LogP contribution in [0.5, 0.6) is 5.75 Å². The number of carbonyl (C=O) groups is 1. The zero-order valence-electron chi connectivity index (χ0n) is 12.0. The maximum Gasteiger partial charge on any atom is 0.222 e. The Kier molecular flexibility index (Phi) is 5.58. The summed E-state index contributed by atoms with van der Waals surface area (Å²) in [6, 6.07) is 13.2. The molecule has 0 atom stereocenters. The van der Waals surface area contributed by atoms with Gasteiger partial charge in [-0.1, -0.05) is 6.07 Å². The standard InChI is InChI=1S/C16H19N3O2/c1-21-15-7-5-13(6-8-15)18-11-9-16(20)19-12-14-4-2-3-10-17-14/h2-8,10,18H,9,11-12H2,1H3,(H,19,20). The van der Waals surface area contributed by atoms with Crippen LogP contribution in [-0.2, 0) is 11.3 Å². The first-order valence-electron chi connectivity index (χ1n) is 6.82. The molecule has 0 spiro atoms. The highest BCUT2D eigenvalue weighted by molar-refractivity contribution is 5.76. The molecule has 0 aliphatic carbocycles. The van der Waals surface area contributed by atoms with Gasteiger partial charge in [-0.25, -0.2) is 0 Å². The Morgan fingerprint density at radius 1 is 1.19 bits per heavy atom. The van der Waals surface area contributed by atoms with Gasteiger partial charge in [0, 0.05) is 24.8 Å². The van der Waals surface area contributed by atoms with Crippen LogP contribution in [0.2, 0.25) is 0 Å². The van der Waals surface area contributed by atoms with Crippen molar-refractivity contribution in [3.8, 4) is 5.75 Å². The molecule has 1 aromatic heterocycles. The van der Waals surface area contributed by atoms with Crippen LogP contribution < -0.4 is 15.4 Å². The number of carbonyl (C=O) groups excluding carboxylic acids is 1. The molecule has 110 valence electrons. The number of ether oxygens (including phenoxy) is 1. The van der Waals surface area contributed by atoms with Gasteiger partial charge in [0.25, 0.3) is 0 Å². The largest absolute Gasteiger partial charge is 0.497 e. The van der Waals surface area contributed by atoms with E-state index in [0.717, 1.165) is 17.1 Å². The van der Waals surface area contributed by atoms with Gasteiger partial charge >= 0.3 is 0 Å². The topological polar surface area (TPSA) is 63.2 Å². The van der Waals surface area contributed by atoms with Gasteiger partial charge in [-0.15, -0.1) is 0 Å². The Bertz CT molecular complexity index is 555. The van der Waals surface area contributed by atoms with Gasteiger partial charge in [0.15, 0.2) is 0 Å². The van der Waals surface area contributed by atoms with Crippen LogP contribution in [0, 0.1) is 0 Å². The van der Waals surface area contributed by atoms with Crippen LogP contribution in [0.15, 0.2) is 48.7 Å². The first-order valence-corrected chi connectivity index (χ1v) is 6.82. The second-order valence-corrected chi connectivity index (χ2v) is 4.50. The fourth-order valence-electron chi connectivity index (χ4n) is 1.81. The highest BCUT2D eigenvalue weighted by atomic mass is 16.5. The zero-order chi connectivity index (χ0) is 14.9. The van der Waals surface area contributed by atoms with Gasteiger partial charge in [0.2, 0.25) is 5.91 Å². The lowest BCUT2D eigenvalue weighted by atomic mass is 10.3. The van der Waals surface area contributed by atoms with Crippen LogP contribution in [0.1, 0.15) is 12.1 Å². The van der Waals surface area contributed by atoms with Gasteiger partial charge in [0.1, 0.15) is 5.75 Å². The predicted molar refractivity (Wildman–Crippen MR) is 82.2 cm³/mol. The van der Waals surface area contributed by atoms with E-state index in [1.807, 2.05) is 42.5 Å². The summed E-state index contributed by atoms with van der Waals surface area (Å²) in [5.74, 6) is 0.815. The highest BCUT2D eigenvalue weighted by Gasteiger charge is 2.01. The van der Waals surface area contributed by atoms with E-state index in [2.05, 4.69) is 15.6 Å². The second-order valence-electron chi connectivity index (χ2n) is 4.50. The molecule has 0 saturated carbocycles. The molecule has 0 radical (unpaired) electrons. The fourth-order valence-corrected chi connectivity index (χ4v) is 1.81. The molecular formula is C16H19N3O2. The van der Waals surface area contributed by atoms with E-state index in [4.69, 9.17) is 4.74 Å². The van der Waals surface area contributed by atoms with Crippen LogP contribution in [0.3, 0.4) is 0 Å². The van der Waals surface area contributed by atoms with Crippen molar-refractivity contribution in [1.29, 1.82) is 0 Å². The quantitative estimate of drug-likeness (QED) is 0.818. The Morgan fingerprint density at radius 3 is 2.67 bits per heavy atom. The van der Waals surface area contributed by atoms with E-state index < -0.39 is 0 Å². The molecule has 1 amide bonds. The summed E-state index contributed by atoms with van der Waals surface area (Å²) in [6.07, 6.45) is 2.13. The molecule has 0 fully saturated rings. The number of aromatic nitrogens is 1. The molecule has 0 aliphatic heterocycles. The summed E-state index contributed by atoms with van der Waals surface area (Å²) in [6.45, 7) is 1.04. The molecule has 5 nitrogen and oxygen atoms in total. The Morgan fingerprint density at radius 2 is 2.00 bits per heavy atom. The lowest BCUT2D eigenvalue weighted by molar-refractivity contribution is -0.121. The average Bonchev–Trinajstić information content (AvgIpc) is 2.54. The summed E-state index contributed by atoms with van der Waals surface area (Å²) in [7, 11) is 1.63. The van der Waals surface area contributed by atoms with E-state index >= 15 is 0 Å². The Hall–Kier alpha value is -2.56. The average molecular weight is 285 g/mol. The molecule has 2 rings (SSSR count). The zero-order valence-corrected chi connectivity index (χ0v) is 12.0. The van der Waals surface area contributed by atoms with Crippen LogP contribution in [0.25, 0.3) is 0 Å². The van der Waals surface area contributed by atoms with Gasteiger partial charge < -0.3 is 15.4 Å². The molecule has 1 heterocycles. The second kappa shape index (κ2) is 7.89. The van der Waals surface area contributed by atoms with Gasteiger partial charge in [-0.05, 0) is 36.4 Å². The predicted octanol–water partition coefficient (Wildman–Crippen LogP) is 2.21. The maximum atomic E-state index is 11.7. The van der Waals surface area contributed by atoms with Crippen molar-refractivity contribution in [3.05, 3.63) is 54.4 Å². The van der Waals surface area contributed by atoms with Crippen LogP contribution >= 0.6 is 0 Å². The van der Waals surface area contributed by atoms with E-state index in [0.29, 0.717) is 19.5 Å². The lowest BCUT2D eigenvalue weighted by Crippen LogP contribution is -2.25. The molecule has 0 unspecified atom stereocenters. The number of anilines is 1. The number of hydrogen-bond acceptors (Lipinski definition) is 4. The van der Waals surface area contributed by atoms with Crippen molar-refractivity contribution in [2.75, 3.05) is 19.0 Å².